The van der Waals surface area contributed by atoms with Crippen LogP contribution < -0.4 is 0 Å². The number of hydrogen-bond acceptors (Lipinski definition) is 4. The minimum absolute atomic E-state index is 0.143. The van der Waals surface area contributed by atoms with Crippen LogP contribution in [0, 0.1) is 6.92 Å². The van der Waals surface area contributed by atoms with Gasteiger partial charge in [0.2, 0.25) is 0 Å². The molecule has 0 spiro atoms. The second-order valence-corrected chi connectivity index (χ2v) is 7.36. The van der Waals surface area contributed by atoms with Crippen LogP contribution in [0.5, 0.6) is 0 Å². The molecule has 4 nitrogen and oxygen atoms in total. The Bertz CT molecular complexity index is 591. The number of rotatable bonds is 2. The lowest BCUT2D eigenvalue weighted by molar-refractivity contribution is -0.133. The van der Waals surface area contributed by atoms with Gasteiger partial charge in [-0.15, -0.1) is 0 Å². The summed E-state index contributed by atoms with van der Waals surface area (Å²) in [6.07, 6.45) is 0.453. The molecule has 2 atom stereocenters. The van der Waals surface area contributed by atoms with Gasteiger partial charge in [-0.1, -0.05) is 17.7 Å². The number of sulfone groups is 1. The standard InChI is InChI=1S/C13H15NO3S/c1-9-2-4-10(5-3-9)18(16,17)11-6-12-13(15)8-14(12)7-11/h2-5,11-12H,6-8H2,1H3/t11?,12-/m0/s1. The largest absolute Gasteiger partial charge is 0.296 e. The van der Waals surface area contributed by atoms with Gasteiger partial charge in [0.15, 0.2) is 15.6 Å². The van der Waals surface area contributed by atoms with Gasteiger partial charge in [-0.05, 0) is 25.5 Å². The molecule has 0 aromatic heterocycles. The quantitative estimate of drug-likeness (QED) is 0.793. The lowest BCUT2D eigenvalue weighted by Crippen LogP contribution is -2.52. The molecule has 2 fully saturated rings. The number of fused-ring (bicyclic) bond motifs is 1. The molecule has 1 unspecified atom stereocenters. The summed E-state index contributed by atoms with van der Waals surface area (Å²) in [4.78, 5) is 13.7. The molecule has 2 aliphatic rings. The molecule has 2 heterocycles. The van der Waals surface area contributed by atoms with E-state index in [9.17, 15) is 13.2 Å². The lowest BCUT2D eigenvalue weighted by atomic mass is 10.0. The molecule has 0 saturated carbocycles. The van der Waals surface area contributed by atoms with Crippen molar-refractivity contribution < 1.29 is 13.2 Å². The molecule has 5 heteroatoms. The van der Waals surface area contributed by atoms with Gasteiger partial charge < -0.3 is 0 Å². The molecule has 0 N–H and O–H groups in total. The van der Waals surface area contributed by atoms with Crippen LogP contribution in [0.4, 0.5) is 0 Å². The van der Waals surface area contributed by atoms with Crippen molar-refractivity contribution in [3.63, 3.8) is 0 Å². The maximum Gasteiger partial charge on any atom is 0.182 e. The fourth-order valence-corrected chi connectivity index (χ4v) is 4.43. The molecule has 0 bridgehead atoms. The Morgan fingerprint density at radius 1 is 1.22 bits per heavy atom. The fourth-order valence-electron chi connectivity index (χ4n) is 2.71. The van der Waals surface area contributed by atoms with Crippen molar-refractivity contribution >= 4 is 15.6 Å². The van der Waals surface area contributed by atoms with E-state index in [1.54, 1.807) is 12.1 Å². The zero-order valence-electron chi connectivity index (χ0n) is 10.2. The van der Waals surface area contributed by atoms with Crippen molar-refractivity contribution in [1.82, 2.24) is 4.90 Å². The predicted octanol–water partition coefficient (Wildman–Crippen LogP) is 0.794. The highest BCUT2D eigenvalue weighted by molar-refractivity contribution is 7.92. The number of carbonyl (C=O) groups excluding carboxylic acids is 1. The Morgan fingerprint density at radius 3 is 2.44 bits per heavy atom. The normalized spacial score (nSPS) is 27.9. The molecule has 2 saturated heterocycles. The number of carbonyl (C=O) groups is 1. The van der Waals surface area contributed by atoms with Gasteiger partial charge >= 0.3 is 0 Å². The van der Waals surface area contributed by atoms with Gasteiger partial charge in [0, 0.05) is 6.54 Å². The Balaban J connectivity index is 1.87. The lowest BCUT2D eigenvalue weighted by Gasteiger charge is -2.32. The molecule has 0 aliphatic carbocycles. The van der Waals surface area contributed by atoms with Gasteiger partial charge in [0.05, 0.1) is 22.7 Å². The van der Waals surface area contributed by atoms with Crippen molar-refractivity contribution in [2.24, 2.45) is 0 Å². The van der Waals surface area contributed by atoms with Crippen LogP contribution in [0.15, 0.2) is 29.2 Å². The second kappa shape index (κ2) is 3.90. The first-order valence-electron chi connectivity index (χ1n) is 6.06. The molecule has 0 amide bonds. The predicted molar refractivity (Wildman–Crippen MR) is 67.1 cm³/mol. The monoisotopic (exact) mass is 265 g/mol. The Morgan fingerprint density at radius 2 is 1.89 bits per heavy atom. The van der Waals surface area contributed by atoms with E-state index in [0.29, 0.717) is 24.4 Å². The van der Waals surface area contributed by atoms with Crippen molar-refractivity contribution in [2.75, 3.05) is 13.1 Å². The van der Waals surface area contributed by atoms with E-state index in [4.69, 9.17) is 0 Å². The van der Waals surface area contributed by atoms with Gasteiger partial charge in [-0.25, -0.2) is 8.42 Å². The Labute approximate surface area is 107 Å². The third kappa shape index (κ3) is 1.69. The van der Waals surface area contributed by atoms with E-state index in [-0.39, 0.29) is 11.8 Å². The smallest absolute Gasteiger partial charge is 0.182 e. The van der Waals surface area contributed by atoms with E-state index in [1.165, 1.54) is 0 Å². The highest BCUT2D eigenvalue weighted by Crippen LogP contribution is 2.32. The summed E-state index contributed by atoms with van der Waals surface area (Å²) in [5.41, 5.74) is 1.04. The van der Waals surface area contributed by atoms with Crippen molar-refractivity contribution in [1.29, 1.82) is 0 Å². The van der Waals surface area contributed by atoms with Crippen LogP contribution in [0.1, 0.15) is 12.0 Å². The molecule has 96 valence electrons. The van der Waals surface area contributed by atoms with E-state index >= 15 is 0 Å². The maximum atomic E-state index is 12.4. The number of hydrogen-bond donors (Lipinski definition) is 0. The fraction of sp³-hybridized carbons (Fsp3) is 0.462. The van der Waals surface area contributed by atoms with E-state index in [0.717, 1.165) is 5.56 Å². The first-order chi connectivity index (χ1) is 8.48. The average molecular weight is 265 g/mol. The summed E-state index contributed by atoms with van der Waals surface area (Å²) < 4.78 is 24.9. The van der Waals surface area contributed by atoms with Crippen molar-refractivity contribution in [3.8, 4) is 0 Å². The summed E-state index contributed by atoms with van der Waals surface area (Å²) in [6.45, 7) is 2.84. The summed E-state index contributed by atoms with van der Waals surface area (Å²) in [5.74, 6) is 0.177. The molecule has 2 aliphatic heterocycles. The van der Waals surface area contributed by atoms with Gasteiger partial charge in [-0.3, -0.25) is 9.69 Å². The minimum Gasteiger partial charge on any atom is -0.296 e. The van der Waals surface area contributed by atoms with Gasteiger partial charge in [0.1, 0.15) is 0 Å². The average Bonchev–Trinajstić information content (AvgIpc) is 2.67. The molecular weight excluding hydrogens is 250 g/mol. The zero-order chi connectivity index (χ0) is 12.9. The highest BCUT2D eigenvalue weighted by Gasteiger charge is 2.49. The molecule has 1 aromatic carbocycles. The van der Waals surface area contributed by atoms with Gasteiger partial charge in [0.25, 0.3) is 0 Å². The van der Waals surface area contributed by atoms with Crippen molar-refractivity contribution in [2.45, 2.75) is 29.5 Å². The first-order valence-corrected chi connectivity index (χ1v) is 7.60. The Hall–Kier alpha value is -1.20. The number of Topliss-reactive ketones (excluding diaryl/α,β-unsaturated/α-hetero) is 1. The molecule has 1 aromatic rings. The zero-order valence-corrected chi connectivity index (χ0v) is 11.0. The molecule has 0 radical (unpaired) electrons. The maximum absolute atomic E-state index is 12.4. The van der Waals surface area contributed by atoms with E-state index in [2.05, 4.69) is 0 Å². The van der Waals surface area contributed by atoms with Crippen molar-refractivity contribution in [3.05, 3.63) is 29.8 Å². The molecule has 18 heavy (non-hydrogen) atoms. The molecule has 3 rings (SSSR count). The Kier molecular flexibility index (Phi) is 2.57. The van der Waals surface area contributed by atoms with E-state index in [1.807, 2.05) is 24.0 Å². The topological polar surface area (TPSA) is 54.5 Å². The van der Waals surface area contributed by atoms with Crippen LogP contribution >= 0.6 is 0 Å². The third-order valence-corrected chi connectivity index (χ3v) is 6.03. The van der Waals surface area contributed by atoms with Crippen LogP contribution in [-0.4, -0.2) is 43.5 Å². The summed E-state index contributed by atoms with van der Waals surface area (Å²) >= 11 is 0. The van der Waals surface area contributed by atoms with Crippen LogP contribution in [0.2, 0.25) is 0 Å². The summed E-state index contributed by atoms with van der Waals surface area (Å²) in [7, 11) is -3.30. The number of aryl methyl sites for hydroxylation is 1. The number of ketones is 1. The SMILES string of the molecule is Cc1ccc(S(=O)(=O)C2C[C@H]3C(=O)CN3C2)cc1. The third-order valence-electron chi connectivity index (χ3n) is 3.88. The van der Waals surface area contributed by atoms with Crippen LogP contribution in [0.25, 0.3) is 0 Å². The van der Waals surface area contributed by atoms with Crippen LogP contribution in [-0.2, 0) is 14.6 Å². The van der Waals surface area contributed by atoms with E-state index < -0.39 is 15.1 Å². The second-order valence-electron chi connectivity index (χ2n) is 5.13. The van der Waals surface area contributed by atoms with Gasteiger partial charge in [-0.2, -0.15) is 0 Å². The molecular formula is C13H15NO3S. The highest BCUT2D eigenvalue weighted by atomic mass is 32.2. The first kappa shape index (κ1) is 11.9. The minimum atomic E-state index is -3.30. The summed E-state index contributed by atoms with van der Waals surface area (Å²) in [5, 5.41) is -0.434. The summed E-state index contributed by atoms with van der Waals surface area (Å²) in [6, 6.07) is 6.78. The van der Waals surface area contributed by atoms with Crippen LogP contribution in [0.3, 0.4) is 0 Å². The number of nitrogens with zero attached hydrogens (tertiary/aromatic N) is 1. The number of benzene rings is 1.